The summed E-state index contributed by atoms with van der Waals surface area (Å²) < 4.78 is 54.0. The molecule has 198 valence electrons. The highest BCUT2D eigenvalue weighted by molar-refractivity contribution is 6.33. The minimum Gasteiger partial charge on any atom is -0.394 e. The van der Waals surface area contributed by atoms with Crippen LogP contribution in [-0.2, 0) is 6.18 Å². The molecule has 10 heteroatoms. The summed E-state index contributed by atoms with van der Waals surface area (Å²) in [4.78, 5) is 16.6. The molecule has 0 aliphatic heterocycles. The second-order valence-corrected chi connectivity index (χ2v) is 9.19. The zero-order chi connectivity index (χ0) is 27.7. The van der Waals surface area contributed by atoms with Crippen molar-refractivity contribution >= 4 is 28.4 Å². The van der Waals surface area contributed by atoms with Crippen LogP contribution in [0.1, 0.15) is 27.7 Å². The van der Waals surface area contributed by atoms with Crippen molar-refractivity contribution in [2.75, 3.05) is 6.61 Å². The van der Waals surface area contributed by atoms with E-state index < -0.39 is 36.2 Å². The summed E-state index contributed by atoms with van der Waals surface area (Å²) in [7, 11) is 0. The van der Waals surface area contributed by atoms with Gasteiger partial charge in [-0.15, -0.1) is 0 Å². The van der Waals surface area contributed by atoms with Crippen LogP contribution in [0.15, 0.2) is 91.3 Å². The van der Waals surface area contributed by atoms with Crippen molar-refractivity contribution in [3.8, 4) is 16.8 Å². The predicted molar refractivity (Wildman–Crippen MR) is 140 cm³/mol. The fraction of sp³-hybridized carbons (Fsp3) is 0.103. The number of alkyl halides is 3. The van der Waals surface area contributed by atoms with E-state index in [0.29, 0.717) is 16.2 Å². The Labute approximate surface area is 225 Å². The summed E-state index contributed by atoms with van der Waals surface area (Å²) in [6.07, 6.45) is -1.78. The molecule has 39 heavy (non-hydrogen) atoms. The molecule has 0 aliphatic carbocycles. The quantitative estimate of drug-likeness (QED) is 0.223. The lowest BCUT2D eigenvalue weighted by molar-refractivity contribution is -0.141. The van der Waals surface area contributed by atoms with Gasteiger partial charge in [0, 0.05) is 45.2 Å². The van der Waals surface area contributed by atoms with E-state index in [1.54, 1.807) is 36.4 Å². The molecule has 0 fully saturated rings. The molecule has 1 unspecified atom stereocenters. The van der Waals surface area contributed by atoms with Crippen LogP contribution in [0.2, 0.25) is 5.02 Å². The Kier molecular flexibility index (Phi) is 7.12. The first kappa shape index (κ1) is 26.4. The molecule has 0 bridgehead atoms. The van der Waals surface area contributed by atoms with Crippen molar-refractivity contribution in [3.05, 3.63) is 119 Å². The fourth-order valence-corrected chi connectivity index (χ4v) is 4.57. The minimum atomic E-state index is -4.60. The fourth-order valence-electron chi connectivity index (χ4n) is 4.33. The van der Waals surface area contributed by atoms with Gasteiger partial charge in [0.15, 0.2) is 0 Å². The highest BCUT2D eigenvalue weighted by Crippen LogP contribution is 2.37. The van der Waals surface area contributed by atoms with E-state index in [1.165, 1.54) is 12.1 Å². The van der Waals surface area contributed by atoms with E-state index in [1.807, 2.05) is 29.0 Å². The third kappa shape index (κ3) is 5.36. The van der Waals surface area contributed by atoms with Crippen LogP contribution < -0.4 is 5.32 Å². The number of hydrogen-bond donors (Lipinski definition) is 2. The molecule has 2 N–H and O–H groups in total. The number of nitrogens with one attached hydrogen (secondary N) is 1. The average molecular weight is 554 g/mol. The van der Waals surface area contributed by atoms with Gasteiger partial charge in [0.2, 0.25) is 0 Å². The molecular formula is C29H20ClF4N3O2. The second kappa shape index (κ2) is 10.5. The van der Waals surface area contributed by atoms with Crippen LogP contribution >= 0.6 is 11.6 Å². The Bertz CT molecular complexity index is 1650. The number of carbonyl (C=O) groups excluding carboxylic acids is 1. The first-order valence-corrected chi connectivity index (χ1v) is 12.1. The van der Waals surface area contributed by atoms with Crippen molar-refractivity contribution in [3.63, 3.8) is 0 Å². The lowest BCUT2D eigenvalue weighted by Gasteiger charge is -2.17. The Morgan fingerprint density at radius 3 is 2.38 bits per heavy atom. The van der Waals surface area contributed by atoms with Crippen LogP contribution in [-0.4, -0.2) is 27.2 Å². The summed E-state index contributed by atoms with van der Waals surface area (Å²) in [5.41, 5.74) is 2.26. The molecule has 2 aromatic heterocycles. The van der Waals surface area contributed by atoms with Crippen LogP contribution in [0.5, 0.6) is 0 Å². The van der Waals surface area contributed by atoms with Gasteiger partial charge in [0.25, 0.3) is 5.91 Å². The molecule has 0 spiro atoms. The standard InChI is InChI=1S/C29H20ClF4N3O2/c30-24-4-2-1-3-21(24)23-15-37(20-9-7-19(31)8-10-20)26-13-17(5-11-22(23)26)28(39)36-25(16-38)18-6-12-27(35-14-18)29(32,33)34/h1-15,25,38H,16H2,(H,36,39). The van der Waals surface area contributed by atoms with Crippen molar-refractivity contribution in [1.82, 2.24) is 14.9 Å². The zero-order valence-corrected chi connectivity index (χ0v) is 20.8. The Morgan fingerprint density at radius 2 is 1.74 bits per heavy atom. The molecule has 5 aromatic rings. The molecule has 5 rings (SSSR count). The number of amides is 1. The Balaban J connectivity index is 1.53. The van der Waals surface area contributed by atoms with Gasteiger partial charge in [-0.05, 0) is 54.1 Å². The number of fused-ring (bicyclic) bond motifs is 1. The summed E-state index contributed by atoms with van der Waals surface area (Å²) in [6.45, 7) is -0.552. The first-order valence-electron chi connectivity index (χ1n) is 11.8. The van der Waals surface area contributed by atoms with Crippen LogP contribution in [0.25, 0.3) is 27.7 Å². The number of rotatable bonds is 6. The topological polar surface area (TPSA) is 67.2 Å². The van der Waals surface area contributed by atoms with Gasteiger partial charge in [-0.25, -0.2) is 4.39 Å². The molecule has 0 aliphatic rings. The Morgan fingerprint density at radius 1 is 1.00 bits per heavy atom. The number of hydrogen-bond acceptors (Lipinski definition) is 3. The largest absolute Gasteiger partial charge is 0.433 e. The third-order valence-electron chi connectivity index (χ3n) is 6.30. The van der Waals surface area contributed by atoms with E-state index in [2.05, 4.69) is 10.3 Å². The van der Waals surface area contributed by atoms with Gasteiger partial charge in [0.05, 0.1) is 18.2 Å². The Hall–Kier alpha value is -4.21. The van der Waals surface area contributed by atoms with Gasteiger partial charge in [0.1, 0.15) is 11.5 Å². The maximum atomic E-state index is 13.6. The van der Waals surface area contributed by atoms with Crippen LogP contribution in [0.4, 0.5) is 17.6 Å². The average Bonchev–Trinajstić information content (AvgIpc) is 3.30. The summed E-state index contributed by atoms with van der Waals surface area (Å²) in [6, 6.07) is 19.2. The molecule has 2 heterocycles. The summed E-state index contributed by atoms with van der Waals surface area (Å²) in [5.74, 6) is -0.948. The summed E-state index contributed by atoms with van der Waals surface area (Å²) in [5, 5.41) is 13.8. The number of benzene rings is 3. The second-order valence-electron chi connectivity index (χ2n) is 8.78. The van der Waals surface area contributed by atoms with Crippen molar-refractivity contribution in [2.45, 2.75) is 12.2 Å². The van der Waals surface area contributed by atoms with Crippen molar-refractivity contribution < 1.29 is 27.5 Å². The molecule has 0 radical (unpaired) electrons. The third-order valence-corrected chi connectivity index (χ3v) is 6.63. The molecule has 3 aromatic carbocycles. The highest BCUT2D eigenvalue weighted by Gasteiger charge is 2.32. The number of pyridine rings is 1. The SMILES string of the molecule is O=C(NC(CO)c1ccc(C(F)(F)F)nc1)c1ccc2c(-c3ccccc3Cl)cn(-c3ccc(F)cc3)c2c1. The van der Waals surface area contributed by atoms with E-state index in [9.17, 15) is 27.5 Å². The summed E-state index contributed by atoms with van der Waals surface area (Å²) >= 11 is 6.47. The number of halogens is 5. The highest BCUT2D eigenvalue weighted by atomic mass is 35.5. The molecule has 1 amide bonds. The van der Waals surface area contributed by atoms with Gasteiger partial charge in [-0.2, -0.15) is 13.2 Å². The predicted octanol–water partition coefficient (Wildman–Crippen LogP) is 6.97. The molecule has 5 nitrogen and oxygen atoms in total. The number of aliphatic hydroxyl groups excluding tert-OH is 1. The number of carbonyl (C=O) groups is 1. The first-order chi connectivity index (χ1) is 18.7. The van der Waals surface area contributed by atoms with Gasteiger partial charge in [-0.3, -0.25) is 9.78 Å². The number of aromatic nitrogens is 2. The van der Waals surface area contributed by atoms with Gasteiger partial charge >= 0.3 is 6.18 Å². The van der Waals surface area contributed by atoms with Crippen molar-refractivity contribution in [1.29, 1.82) is 0 Å². The molecule has 1 atom stereocenters. The molecular weight excluding hydrogens is 534 g/mol. The lowest BCUT2D eigenvalue weighted by Crippen LogP contribution is -2.31. The maximum Gasteiger partial charge on any atom is 0.433 e. The van der Waals surface area contributed by atoms with E-state index in [-0.39, 0.29) is 11.1 Å². The monoisotopic (exact) mass is 553 g/mol. The molecule has 0 saturated heterocycles. The zero-order valence-electron chi connectivity index (χ0n) is 20.1. The normalized spacial score (nSPS) is 12.5. The molecule has 0 saturated carbocycles. The van der Waals surface area contributed by atoms with E-state index >= 15 is 0 Å². The van der Waals surface area contributed by atoms with E-state index in [0.717, 1.165) is 34.8 Å². The van der Waals surface area contributed by atoms with Crippen LogP contribution in [0.3, 0.4) is 0 Å². The maximum absolute atomic E-state index is 13.6. The van der Waals surface area contributed by atoms with Gasteiger partial charge in [-0.1, -0.05) is 41.9 Å². The number of aliphatic hydroxyl groups is 1. The van der Waals surface area contributed by atoms with Gasteiger partial charge < -0.3 is 15.0 Å². The lowest BCUT2D eigenvalue weighted by atomic mass is 10.0. The minimum absolute atomic E-state index is 0.218. The smallest absolute Gasteiger partial charge is 0.394 e. The van der Waals surface area contributed by atoms with Crippen molar-refractivity contribution in [2.24, 2.45) is 0 Å². The number of nitrogens with zero attached hydrogens (tertiary/aromatic N) is 2. The van der Waals surface area contributed by atoms with E-state index in [4.69, 9.17) is 11.6 Å². The van der Waals surface area contributed by atoms with Crippen LogP contribution in [0, 0.1) is 5.82 Å².